The molecule has 1 fully saturated rings. The summed E-state index contributed by atoms with van der Waals surface area (Å²) < 4.78 is 5.64. The molecule has 1 unspecified atom stereocenters. The van der Waals surface area contributed by atoms with Crippen LogP contribution in [0.2, 0.25) is 0 Å². The number of H-pyrrole nitrogens is 1. The van der Waals surface area contributed by atoms with Crippen molar-refractivity contribution in [3.05, 3.63) is 35.3 Å². The Labute approximate surface area is 134 Å². The molecule has 1 atom stereocenters. The number of hydrogen-bond acceptors (Lipinski definition) is 4. The lowest BCUT2D eigenvalue weighted by Crippen LogP contribution is -2.34. The summed E-state index contributed by atoms with van der Waals surface area (Å²) in [4.78, 5) is 9.62. The number of imidazole rings is 1. The van der Waals surface area contributed by atoms with Gasteiger partial charge in [-0.1, -0.05) is 6.07 Å². The first kappa shape index (κ1) is 14.3. The molecule has 120 valence electrons. The Morgan fingerprint density at radius 1 is 1.48 bits per heavy atom. The zero-order valence-electron chi connectivity index (χ0n) is 13.1. The Hall–Kier alpha value is -2.34. The Kier molecular flexibility index (Phi) is 3.34. The average Bonchev–Trinajstić information content (AvgIpc) is 3.20. The van der Waals surface area contributed by atoms with E-state index < -0.39 is 0 Å². The Morgan fingerprint density at radius 3 is 3.13 bits per heavy atom. The average molecular weight is 312 g/mol. The molecule has 6 nitrogen and oxygen atoms in total. The summed E-state index contributed by atoms with van der Waals surface area (Å²) in [5.41, 5.74) is 3.41. The van der Waals surface area contributed by atoms with Crippen molar-refractivity contribution in [1.82, 2.24) is 14.9 Å². The van der Waals surface area contributed by atoms with E-state index in [9.17, 15) is 5.11 Å². The number of amidine groups is 1. The molecule has 4 rings (SSSR count). The Bertz CT molecular complexity index is 802. The molecule has 3 N–H and O–H groups in total. The van der Waals surface area contributed by atoms with E-state index in [1.54, 1.807) is 0 Å². The van der Waals surface area contributed by atoms with Gasteiger partial charge in [-0.05, 0) is 37.5 Å². The van der Waals surface area contributed by atoms with Crippen molar-refractivity contribution >= 4 is 22.4 Å². The standard InChI is InChI=1S/C17H20N4O2/c1-10-4-5-12-13(7-10)20-17(19-12)15-14(22)9-21(16(15)18)8-11-3-2-6-23-11/h4-5,7,11,18,22H,2-3,6,8-9H2,1H3,(H,19,20). The predicted octanol–water partition coefficient (Wildman–Crippen LogP) is 2.61. The van der Waals surface area contributed by atoms with E-state index >= 15 is 0 Å². The molecule has 1 aromatic carbocycles. The minimum absolute atomic E-state index is 0.154. The number of ether oxygens (including phenoxy) is 1. The third-order valence-corrected chi connectivity index (χ3v) is 4.50. The number of aryl methyl sites for hydroxylation is 1. The molecule has 1 saturated heterocycles. The highest BCUT2D eigenvalue weighted by Crippen LogP contribution is 2.28. The zero-order valence-corrected chi connectivity index (χ0v) is 13.1. The highest BCUT2D eigenvalue weighted by atomic mass is 16.5. The highest BCUT2D eigenvalue weighted by Gasteiger charge is 2.32. The molecule has 6 heteroatoms. The van der Waals surface area contributed by atoms with Gasteiger partial charge in [-0.3, -0.25) is 5.41 Å². The van der Waals surface area contributed by atoms with Gasteiger partial charge < -0.3 is 19.7 Å². The van der Waals surface area contributed by atoms with Crippen LogP contribution < -0.4 is 0 Å². The van der Waals surface area contributed by atoms with Crippen molar-refractivity contribution in [2.24, 2.45) is 0 Å². The molecule has 0 spiro atoms. The highest BCUT2D eigenvalue weighted by molar-refractivity contribution is 6.23. The summed E-state index contributed by atoms with van der Waals surface area (Å²) in [5.74, 6) is 1.07. The van der Waals surface area contributed by atoms with E-state index in [-0.39, 0.29) is 11.9 Å². The molecule has 0 aliphatic carbocycles. The number of aliphatic hydroxyl groups excluding tert-OH is 1. The van der Waals surface area contributed by atoms with Crippen LogP contribution in [0.3, 0.4) is 0 Å². The van der Waals surface area contributed by atoms with Gasteiger partial charge >= 0.3 is 0 Å². The predicted molar refractivity (Wildman–Crippen MR) is 88.7 cm³/mol. The molecule has 0 radical (unpaired) electrons. The van der Waals surface area contributed by atoms with E-state index in [0.29, 0.717) is 30.3 Å². The van der Waals surface area contributed by atoms with Crippen molar-refractivity contribution in [2.45, 2.75) is 25.9 Å². The second kappa shape index (κ2) is 5.38. The largest absolute Gasteiger partial charge is 0.510 e. The third kappa shape index (κ3) is 2.49. The quantitative estimate of drug-likeness (QED) is 0.813. The van der Waals surface area contributed by atoms with Gasteiger partial charge in [0, 0.05) is 13.2 Å². The maximum absolute atomic E-state index is 10.3. The molecule has 1 aromatic heterocycles. The third-order valence-electron chi connectivity index (χ3n) is 4.50. The maximum atomic E-state index is 10.3. The van der Waals surface area contributed by atoms with Gasteiger partial charge in [0.2, 0.25) is 0 Å². The second-order valence-electron chi connectivity index (χ2n) is 6.29. The van der Waals surface area contributed by atoms with Crippen molar-refractivity contribution in [3.8, 4) is 0 Å². The molecule has 0 saturated carbocycles. The Morgan fingerprint density at radius 2 is 2.35 bits per heavy atom. The van der Waals surface area contributed by atoms with Gasteiger partial charge in [0.25, 0.3) is 0 Å². The van der Waals surface area contributed by atoms with Gasteiger partial charge in [0.1, 0.15) is 17.4 Å². The van der Waals surface area contributed by atoms with E-state index in [0.717, 1.165) is 36.0 Å². The van der Waals surface area contributed by atoms with Gasteiger partial charge in [0.15, 0.2) is 0 Å². The van der Waals surface area contributed by atoms with Gasteiger partial charge in [-0.15, -0.1) is 0 Å². The van der Waals surface area contributed by atoms with Crippen LogP contribution >= 0.6 is 0 Å². The van der Waals surface area contributed by atoms with Crippen LogP contribution in [0.1, 0.15) is 24.2 Å². The summed E-state index contributed by atoms with van der Waals surface area (Å²) in [6.45, 7) is 3.81. The first-order chi connectivity index (χ1) is 11.1. The van der Waals surface area contributed by atoms with Gasteiger partial charge in [0.05, 0.1) is 29.3 Å². The number of nitrogens with zero attached hydrogens (tertiary/aromatic N) is 2. The molecular weight excluding hydrogens is 292 g/mol. The molecule has 0 bridgehead atoms. The van der Waals surface area contributed by atoms with Crippen LogP contribution in [0.25, 0.3) is 16.6 Å². The van der Waals surface area contributed by atoms with Crippen LogP contribution in [0.5, 0.6) is 0 Å². The molecule has 3 heterocycles. The summed E-state index contributed by atoms with van der Waals surface area (Å²) in [7, 11) is 0. The first-order valence-electron chi connectivity index (χ1n) is 7.96. The number of nitrogens with one attached hydrogen (secondary N) is 2. The van der Waals surface area contributed by atoms with E-state index in [4.69, 9.17) is 10.1 Å². The number of hydrogen-bond donors (Lipinski definition) is 3. The Balaban J connectivity index is 1.61. The summed E-state index contributed by atoms with van der Waals surface area (Å²) in [5, 5.41) is 18.7. The topological polar surface area (TPSA) is 85.2 Å². The minimum Gasteiger partial charge on any atom is -0.510 e. The van der Waals surface area contributed by atoms with Gasteiger partial charge in [-0.2, -0.15) is 0 Å². The van der Waals surface area contributed by atoms with Crippen molar-refractivity contribution < 1.29 is 9.84 Å². The minimum atomic E-state index is 0.154. The zero-order chi connectivity index (χ0) is 16.0. The lowest BCUT2D eigenvalue weighted by atomic mass is 10.2. The van der Waals surface area contributed by atoms with Crippen molar-refractivity contribution in [3.63, 3.8) is 0 Å². The maximum Gasteiger partial charge on any atom is 0.145 e. The normalized spacial score (nSPS) is 21.9. The van der Waals surface area contributed by atoms with E-state index in [1.807, 2.05) is 30.0 Å². The summed E-state index contributed by atoms with van der Waals surface area (Å²) in [6.07, 6.45) is 2.24. The smallest absolute Gasteiger partial charge is 0.145 e. The first-order valence-corrected chi connectivity index (χ1v) is 7.96. The number of aromatic nitrogens is 2. The van der Waals surface area contributed by atoms with E-state index in [2.05, 4.69) is 9.97 Å². The van der Waals surface area contributed by atoms with Crippen LogP contribution in [-0.2, 0) is 4.74 Å². The number of fused-ring (bicyclic) bond motifs is 1. The number of benzene rings is 1. The number of aromatic amines is 1. The van der Waals surface area contributed by atoms with Crippen LogP contribution in [0.15, 0.2) is 24.0 Å². The van der Waals surface area contributed by atoms with Crippen LogP contribution in [0.4, 0.5) is 0 Å². The summed E-state index contributed by atoms with van der Waals surface area (Å²) >= 11 is 0. The second-order valence-corrected chi connectivity index (χ2v) is 6.29. The fraction of sp³-hybridized carbons (Fsp3) is 0.412. The number of rotatable bonds is 3. The lowest BCUT2D eigenvalue weighted by Gasteiger charge is -2.21. The van der Waals surface area contributed by atoms with Crippen LogP contribution in [-0.4, -0.2) is 51.6 Å². The monoisotopic (exact) mass is 312 g/mol. The fourth-order valence-corrected chi connectivity index (χ4v) is 3.31. The number of aliphatic hydroxyl groups is 1. The van der Waals surface area contributed by atoms with Crippen LogP contribution in [0, 0.1) is 12.3 Å². The SMILES string of the molecule is Cc1ccc2nc(C3=C(O)CN(CC4CCCO4)C3=N)[nH]c2c1. The van der Waals surface area contributed by atoms with Crippen molar-refractivity contribution in [2.75, 3.05) is 19.7 Å². The van der Waals surface area contributed by atoms with Gasteiger partial charge in [-0.25, -0.2) is 4.98 Å². The molecule has 0 amide bonds. The summed E-state index contributed by atoms with van der Waals surface area (Å²) in [6, 6.07) is 5.97. The molecule has 2 aliphatic heterocycles. The molecule has 2 aliphatic rings. The molecular formula is C17H20N4O2. The van der Waals surface area contributed by atoms with Crippen molar-refractivity contribution in [1.29, 1.82) is 5.41 Å². The lowest BCUT2D eigenvalue weighted by molar-refractivity contribution is 0.0924. The van der Waals surface area contributed by atoms with E-state index in [1.165, 1.54) is 0 Å². The molecule has 2 aromatic rings. The molecule has 23 heavy (non-hydrogen) atoms. The fourth-order valence-electron chi connectivity index (χ4n) is 3.31.